The zero-order chi connectivity index (χ0) is 13.8. The summed E-state index contributed by atoms with van der Waals surface area (Å²) >= 11 is 3.20. The SMILES string of the molecule is COCCn1c(CO)nnc1-c1cccc(F)c1Br. The third-order valence-corrected chi connectivity index (χ3v) is 3.49. The van der Waals surface area contributed by atoms with E-state index in [4.69, 9.17) is 4.74 Å². The normalized spacial score (nSPS) is 10.9. The van der Waals surface area contributed by atoms with E-state index in [0.29, 0.717) is 34.8 Å². The molecular weight excluding hydrogens is 317 g/mol. The van der Waals surface area contributed by atoms with Crippen LogP contribution in [0.4, 0.5) is 4.39 Å². The number of hydrogen-bond donors (Lipinski definition) is 1. The van der Waals surface area contributed by atoms with E-state index in [1.54, 1.807) is 23.8 Å². The van der Waals surface area contributed by atoms with Gasteiger partial charge in [-0.15, -0.1) is 10.2 Å². The molecule has 5 nitrogen and oxygen atoms in total. The average Bonchev–Trinajstić information content (AvgIpc) is 2.82. The van der Waals surface area contributed by atoms with Gasteiger partial charge in [-0.3, -0.25) is 0 Å². The standard InChI is InChI=1S/C12H13BrFN3O2/c1-19-6-5-17-10(7-18)15-16-12(17)8-3-2-4-9(14)11(8)13/h2-4,18H,5-7H2,1H3. The van der Waals surface area contributed by atoms with Gasteiger partial charge >= 0.3 is 0 Å². The maximum Gasteiger partial charge on any atom is 0.165 e. The second kappa shape index (κ2) is 6.23. The van der Waals surface area contributed by atoms with Gasteiger partial charge in [-0.1, -0.05) is 6.07 Å². The highest BCUT2D eigenvalue weighted by atomic mass is 79.9. The Morgan fingerprint density at radius 3 is 2.89 bits per heavy atom. The fourth-order valence-electron chi connectivity index (χ4n) is 1.75. The van der Waals surface area contributed by atoms with Crippen molar-refractivity contribution in [3.05, 3.63) is 34.3 Å². The van der Waals surface area contributed by atoms with E-state index in [2.05, 4.69) is 26.1 Å². The van der Waals surface area contributed by atoms with E-state index in [0.717, 1.165) is 0 Å². The van der Waals surface area contributed by atoms with Crippen molar-refractivity contribution in [2.45, 2.75) is 13.2 Å². The van der Waals surface area contributed by atoms with Gasteiger partial charge in [0.05, 0.1) is 11.1 Å². The van der Waals surface area contributed by atoms with Crippen LogP contribution in [0.5, 0.6) is 0 Å². The summed E-state index contributed by atoms with van der Waals surface area (Å²) in [6, 6.07) is 4.70. The highest BCUT2D eigenvalue weighted by Gasteiger charge is 2.16. The Kier molecular flexibility index (Phi) is 4.62. The summed E-state index contributed by atoms with van der Waals surface area (Å²) in [7, 11) is 1.58. The van der Waals surface area contributed by atoms with E-state index >= 15 is 0 Å². The lowest BCUT2D eigenvalue weighted by atomic mass is 10.2. The molecule has 2 aromatic rings. The first-order chi connectivity index (χ1) is 9.19. The van der Waals surface area contributed by atoms with Crippen LogP contribution in [0.25, 0.3) is 11.4 Å². The van der Waals surface area contributed by atoms with Crippen molar-refractivity contribution < 1.29 is 14.2 Å². The number of methoxy groups -OCH3 is 1. The van der Waals surface area contributed by atoms with Crippen LogP contribution in [0.3, 0.4) is 0 Å². The third-order valence-electron chi connectivity index (χ3n) is 2.68. The van der Waals surface area contributed by atoms with Gasteiger partial charge in [-0.25, -0.2) is 4.39 Å². The summed E-state index contributed by atoms with van der Waals surface area (Å²) in [5.74, 6) is 0.542. The van der Waals surface area contributed by atoms with Gasteiger partial charge in [-0.05, 0) is 28.1 Å². The maximum atomic E-state index is 13.6. The minimum absolute atomic E-state index is 0.232. The van der Waals surface area contributed by atoms with Crippen LogP contribution in [0, 0.1) is 5.82 Å². The topological polar surface area (TPSA) is 60.2 Å². The highest BCUT2D eigenvalue weighted by Crippen LogP contribution is 2.29. The Hall–Kier alpha value is -1.31. The molecule has 0 aliphatic heterocycles. The maximum absolute atomic E-state index is 13.6. The van der Waals surface area contributed by atoms with Crippen LogP contribution in [-0.4, -0.2) is 33.6 Å². The van der Waals surface area contributed by atoms with Crippen LogP contribution in [0.2, 0.25) is 0 Å². The number of aromatic nitrogens is 3. The molecule has 0 radical (unpaired) electrons. The first kappa shape index (κ1) is 14.1. The van der Waals surface area contributed by atoms with Crippen molar-refractivity contribution in [1.82, 2.24) is 14.8 Å². The van der Waals surface area contributed by atoms with E-state index in [-0.39, 0.29) is 12.4 Å². The Morgan fingerprint density at radius 1 is 1.42 bits per heavy atom. The largest absolute Gasteiger partial charge is 0.388 e. The van der Waals surface area contributed by atoms with Crippen molar-refractivity contribution >= 4 is 15.9 Å². The molecule has 1 N–H and O–H groups in total. The summed E-state index contributed by atoms with van der Waals surface area (Å²) in [4.78, 5) is 0. The molecule has 0 atom stereocenters. The second-order valence-corrected chi connectivity index (χ2v) is 4.64. The van der Waals surface area contributed by atoms with Crippen molar-refractivity contribution in [2.75, 3.05) is 13.7 Å². The lowest BCUT2D eigenvalue weighted by molar-refractivity contribution is 0.183. The molecule has 0 saturated heterocycles. The first-order valence-electron chi connectivity index (χ1n) is 5.65. The Morgan fingerprint density at radius 2 is 2.21 bits per heavy atom. The molecule has 0 bridgehead atoms. The summed E-state index contributed by atoms with van der Waals surface area (Å²) in [5, 5.41) is 17.2. The summed E-state index contributed by atoms with van der Waals surface area (Å²) in [6.07, 6.45) is 0. The molecule has 1 aromatic carbocycles. The number of rotatable bonds is 5. The smallest absolute Gasteiger partial charge is 0.165 e. The highest BCUT2D eigenvalue weighted by molar-refractivity contribution is 9.10. The fourth-order valence-corrected chi connectivity index (χ4v) is 2.19. The van der Waals surface area contributed by atoms with E-state index in [1.807, 2.05) is 0 Å². The van der Waals surface area contributed by atoms with Gasteiger partial charge in [0, 0.05) is 19.2 Å². The van der Waals surface area contributed by atoms with Crippen LogP contribution in [0.15, 0.2) is 22.7 Å². The molecule has 19 heavy (non-hydrogen) atoms. The summed E-state index contributed by atoms with van der Waals surface area (Å²) in [5.41, 5.74) is 0.586. The molecule has 0 aliphatic carbocycles. The van der Waals surface area contributed by atoms with E-state index < -0.39 is 0 Å². The summed E-state index contributed by atoms with van der Waals surface area (Å²) < 4.78 is 20.6. The Bertz CT molecular complexity index is 574. The molecule has 0 fully saturated rings. The number of ether oxygens (including phenoxy) is 1. The van der Waals surface area contributed by atoms with Crippen LogP contribution < -0.4 is 0 Å². The lowest BCUT2D eigenvalue weighted by Crippen LogP contribution is -2.10. The number of nitrogens with zero attached hydrogens (tertiary/aromatic N) is 3. The van der Waals surface area contributed by atoms with Gasteiger partial charge in [0.1, 0.15) is 12.4 Å². The van der Waals surface area contributed by atoms with Crippen molar-refractivity contribution in [1.29, 1.82) is 0 Å². The second-order valence-electron chi connectivity index (χ2n) is 3.84. The van der Waals surface area contributed by atoms with Gasteiger partial charge in [-0.2, -0.15) is 0 Å². The minimum Gasteiger partial charge on any atom is -0.388 e. The number of halogens is 2. The Balaban J connectivity index is 2.49. The molecular formula is C12H13BrFN3O2. The first-order valence-corrected chi connectivity index (χ1v) is 6.44. The van der Waals surface area contributed by atoms with Gasteiger partial charge in [0.2, 0.25) is 0 Å². The van der Waals surface area contributed by atoms with Crippen LogP contribution >= 0.6 is 15.9 Å². The zero-order valence-corrected chi connectivity index (χ0v) is 11.9. The molecule has 0 unspecified atom stereocenters. The molecule has 0 spiro atoms. The van der Waals surface area contributed by atoms with Crippen molar-refractivity contribution in [3.63, 3.8) is 0 Å². The molecule has 0 aliphatic rings. The molecule has 2 rings (SSSR count). The molecule has 7 heteroatoms. The molecule has 0 amide bonds. The molecule has 0 saturated carbocycles. The van der Waals surface area contributed by atoms with Crippen LogP contribution in [-0.2, 0) is 17.9 Å². The van der Waals surface area contributed by atoms with Gasteiger partial charge in [0.15, 0.2) is 11.6 Å². The van der Waals surface area contributed by atoms with Crippen molar-refractivity contribution in [3.8, 4) is 11.4 Å². The predicted molar refractivity (Wildman–Crippen MR) is 70.9 cm³/mol. The third kappa shape index (κ3) is 2.83. The average molecular weight is 330 g/mol. The molecule has 1 heterocycles. The monoisotopic (exact) mass is 329 g/mol. The van der Waals surface area contributed by atoms with E-state index in [9.17, 15) is 9.50 Å². The fraction of sp³-hybridized carbons (Fsp3) is 0.333. The van der Waals surface area contributed by atoms with Crippen LogP contribution in [0.1, 0.15) is 5.82 Å². The number of aliphatic hydroxyl groups excluding tert-OH is 1. The minimum atomic E-state index is -0.371. The number of hydrogen-bond acceptors (Lipinski definition) is 4. The quantitative estimate of drug-likeness (QED) is 0.911. The van der Waals surface area contributed by atoms with Gasteiger partial charge < -0.3 is 14.4 Å². The lowest BCUT2D eigenvalue weighted by Gasteiger charge is -2.10. The van der Waals surface area contributed by atoms with E-state index in [1.165, 1.54) is 6.07 Å². The Labute approximate surface area is 118 Å². The predicted octanol–water partition coefficient (Wildman–Crippen LogP) is 1.99. The number of aliphatic hydroxyl groups is 1. The van der Waals surface area contributed by atoms with Crippen molar-refractivity contribution in [2.24, 2.45) is 0 Å². The molecule has 1 aromatic heterocycles. The molecule has 102 valence electrons. The number of benzene rings is 1. The van der Waals surface area contributed by atoms with Gasteiger partial charge in [0.25, 0.3) is 0 Å². The zero-order valence-electron chi connectivity index (χ0n) is 10.3. The summed E-state index contributed by atoms with van der Waals surface area (Å²) in [6.45, 7) is 0.701.